The molecule has 0 atom stereocenters. The van der Waals surface area contributed by atoms with Gasteiger partial charge < -0.3 is 15.4 Å². The summed E-state index contributed by atoms with van der Waals surface area (Å²) in [4.78, 5) is 14.3. The van der Waals surface area contributed by atoms with Gasteiger partial charge in [-0.15, -0.1) is 12.4 Å². The number of ether oxygens (including phenoxy) is 1. The highest BCUT2D eigenvalue weighted by Crippen LogP contribution is 2.17. The molecular weight excluding hydrogens is 380 g/mol. The number of piperidine rings is 1. The largest absolute Gasteiger partial charge is 0.378 e. The van der Waals surface area contributed by atoms with Gasteiger partial charge in [-0.2, -0.15) is 0 Å². The first-order chi connectivity index (χ1) is 10.7. The molecular formula is C17H26BrClN2O2. The maximum Gasteiger partial charge on any atom is 0.222 e. The molecule has 2 rings (SSSR count). The van der Waals surface area contributed by atoms with Crippen LogP contribution < -0.4 is 5.73 Å². The van der Waals surface area contributed by atoms with Crippen molar-refractivity contribution in [3.8, 4) is 0 Å². The van der Waals surface area contributed by atoms with Crippen molar-refractivity contribution in [2.75, 3.05) is 26.2 Å². The number of aryl methyl sites for hydroxylation is 1. The molecule has 1 heterocycles. The molecule has 0 spiro atoms. The van der Waals surface area contributed by atoms with E-state index in [2.05, 4.69) is 28.1 Å². The highest BCUT2D eigenvalue weighted by Gasteiger charge is 2.22. The Morgan fingerprint density at radius 2 is 2.09 bits per heavy atom. The van der Waals surface area contributed by atoms with Gasteiger partial charge >= 0.3 is 0 Å². The molecule has 0 unspecified atom stereocenters. The van der Waals surface area contributed by atoms with Gasteiger partial charge in [0.05, 0.1) is 6.10 Å². The number of hydrogen-bond donors (Lipinski definition) is 1. The monoisotopic (exact) mass is 404 g/mol. The number of halogens is 2. The molecule has 4 nitrogen and oxygen atoms in total. The number of carbonyl (C=O) groups is 1. The van der Waals surface area contributed by atoms with Crippen LogP contribution in [0.1, 0.15) is 31.2 Å². The van der Waals surface area contributed by atoms with Crippen LogP contribution in [0.2, 0.25) is 0 Å². The van der Waals surface area contributed by atoms with Crippen LogP contribution in [0, 0.1) is 0 Å². The van der Waals surface area contributed by atoms with Gasteiger partial charge in [-0.3, -0.25) is 4.79 Å². The minimum Gasteiger partial charge on any atom is -0.378 e. The topological polar surface area (TPSA) is 55.6 Å². The molecule has 0 bridgehead atoms. The molecule has 2 N–H and O–H groups in total. The van der Waals surface area contributed by atoms with E-state index in [0.717, 1.165) is 49.9 Å². The van der Waals surface area contributed by atoms with Crippen LogP contribution >= 0.6 is 28.3 Å². The normalized spacial score (nSPS) is 15.3. The number of nitrogens with two attached hydrogens (primary N) is 1. The van der Waals surface area contributed by atoms with E-state index in [1.807, 2.05) is 17.0 Å². The predicted octanol–water partition coefficient (Wildman–Crippen LogP) is 3.16. The first kappa shape index (κ1) is 20.4. The molecule has 130 valence electrons. The minimum absolute atomic E-state index is 0. The van der Waals surface area contributed by atoms with Crippen molar-refractivity contribution in [3.05, 3.63) is 34.3 Å². The van der Waals surface area contributed by atoms with E-state index in [-0.39, 0.29) is 18.3 Å². The Balaban J connectivity index is 0.00000264. The van der Waals surface area contributed by atoms with Crippen molar-refractivity contribution in [3.63, 3.8) is 0 Å². The molecule has 23 heavy (non-hydrogen) atoms. The van der Waals surface area contributed by atoms with E-state index < -0.39 is 0 Å². The third kappa shape index (κ3) is 7.21. The van der Waals surface area contributed by atoms with Gasteiger partial charge in [-0.1, -0.05) is 28.1 Å². The molecule has 0 aliphatic carbocycles. The Morgan fingerprint density at radius 3 is 2.74 bits per heavy atom. The number of nitrogens with zero attached hydrogens (tertiary/aromatic N) is 1. The van der Waals surface area contributed by atoms with Crippen LogP contribution in [0.4, 0.5) is 0 Å². The van der Waals surface area contributed by atoms with Crippen LogP contribution in [0.15, 0.2) is 28.7 Å². The lowest BCUT2D eigenvalue weighted by Crippen LogP contribution is -2.41. The second-order valence-electron chi connectivity index (χ2n) is 5.72. The SMILES string of the molecule is Cl.NCCCOC1CCN(C(=O)CCc2cccc(Br)c2)CC1. The molecule has 1 aliphatic heterocycles. The summed E-state index contributed by atoms with van der Waals surface area (Å²) in [5.74, 6) is 0.250. The summed E-state index contributed by atoms with van der Waals surface area (Å²) in [6, 6.07) is 8.15. The van der Waals surface area contributed by atoms with Gasteiger partial charge in [0.1, 0.15) is 0 Å². The number of benzene rings is 1. The fraction of sp³-hybridized carbons (Fsp3) is 0.588. The second kappa shape index (κ2) is 11.0. The molecule has 0 radical (unpaired) electrons. The zero-order valence-electron chi connectivity index (χ0n) is 13.4. The lowest BCUT2D eigenvalue weighted by molar-refractivity contribution is -0.133. The van der Waals surface area contributed by atoms with Gasteiger partial charge in [-0.05, 0) is 49.9 Å². The third-order valence-electron chi connectivity index (χ3n) is 4.01. The maximum atomic E-state index is 12.3. The van der Waals surface area contributed by atoms with E-state index in [1.165, 1.54) is 5.56 Å². The first-order valence-electron chi connectivity index (χ1n) is 8.03. The van der Waals surface area contributed by atoms with E-state index in [9.17, 15) is 4.79 Å². The first-order valence-corrected chi connectivity index (χ1v) is 8.82. The summed E-state index contributed by atoms with van der Waals surface area (Å²) in [5.41, 5.74) is 6.66. The molecule has 1 aliphatic rings. The van der Waals surface area contributed by atoms with Crippen molar-refractivity contribution < 1.29 is 9.53 Å². The van der Waals surface area contributed by atoms with Gasteiger partial charge in [0.15, 0.2) is 0 Å². The van der Waals surface area contributed by atoms with Crippen LogP contribution in [-0.2, 0) is 16.0 Å². The number of amides is 1. The van der Waals surface area contributed by atoms with E-state index in [1.54, 1.807) is 0 Å². The van der Waals surface area contributed by atoms with Gasteiger partial charge in [0.2, 0.25) is 5.91 Å². The zero-order valence-corrected chi connectivity index (χ0v) is 15.8. The Morgan fingerprint density at radius 1 is 1.35 bits per heavy atom. The molecule has 1 fully saturated rings. The molecule has 6 heteroatoms. The van der Waals surface area contributed by atoms with Gasteiger partial charge in [0.25, 0.3) is 0 Å². The summed E-state index contributed by atoms with van der Waals surface area (Å²) in [5, 5.41) is 0. The van der Waals surface area contributed by atoms with Crippen molar-refractivity contribution in [2.45, 2.75) is 38.2 Å². The predicted molar refractivity (Wildman–Crippen MR) is 98.9 cm³/mol. The molecule has 0 saturated carbocycles. The van der Waals surface area contributed by atoms with E-state index in [4.69, 9.17) is 10.5 Å². The summed E-state index contributed by atoms with van der Waals surface area (Å²) in [7, 11) is 0. The minimum atomic E-state index is 0. The zero-order chi connectivity index (χ0) is 15.8. The van der Waals surface area contributed by atoms with Crippen LogP contribution in [0.3, 0.4) is 0 Å². The van der Waals surface area contributed by atoms with Crippen molar-refractivity contribution in [1.82, 2.24) is 4.90 Å². The number of carbonyl (C=O) groups excluding carboxylic acids is 1. The van der Waals surface area contributed by atoms with E-state index in [0.29, 0.717) is 19.1 Å². The highest BCUT2D eigenvalue weighted by atomic mass is 79.9. The summed E-state index contributed by atoms with van der Waals surface area (Å²) >= 11 is 3.46. The number of hydrogen-bond acceptors (Lipinski definition) is 3. The molecule has 0 aromatic heterocycles. The Kier molecular flexibility index (Phi) is 9.79. The standard InChI is InChI=1S/C17H25BrN2O2.ClH/c18-15-4-1-3-14(13-15)5-6-17(21)20-10-7-16(8-11-20)22-12-2-9-19;/h1,3-4,13,16H,2,5-12,19H2;1H. The lowest BCUT2D eigenvalue weighted by atomic mass is 10.1. The van der Waals surface area contributed by atoms with Crippen molar-refractivity contribution >= 4 is 34.2 Å². The summed E-state index contributed by atoms with van der Waals surface area (Å²) < 4.78 is 6.83. The molecule has 1 amide bonds. The molecule has 1 aromatic carbocycles. The third-order valence-corrected chi connectivity index (χ3v) is 4.51. The average Bonchev–Trinajstić information content (AvgIpc) is 2.54. The van der Waals surface area contributed by atoms with Crippen LogP contribution in [0.25, 0.3) is 0 Å². The summed E-state index contributed by atoms with van der Waals surface area (Å²) in [6.45, 7) is 3.03. The van der Waals surface area contributed by atoms with Crippen LogP contribution in [-0.4, -0.2) is 43.2 Å². The molecule has 1 aromatic rings. The highest BCUT2D eigenvalue weighted by molar-refractivity contribution is 9.10. The van der Waals surface area contributed by atoms with Crippen molar-refractivity contribution in [1.29, 1.82) is 0 Å². The van der Waals surface area contributed by atoms with Crippen molar-refractivity contribution in [2.24, 2.45) is 5.73 Å². The maximum absolute atomic E-state index is 12.3. The Hall–Kier alpha value is -0.620. The number of rotatable bonds is 7. The lowest BCUT2D eigenvalue weighted by Gasteiger charge is -2.32. The second-order valence-corrected chi connectivity index (χ2v) is 6.64. The number of likely N-dealkylation sites (tertiary alicyclic amines) is 1. The summed E-state index contributed by atoms with van der Waals surface area (Å²) in [6.07, 6.45) is 4.45. The Labute approximate surface area is 153 Å². The Bertz CT molecular complexity index is 479. The fourth-order valence-corrected chi connectivity index (χ4v) is 3.15. The van der Waals surface area contributed by atoms with E-state index >= 15 is 0 Å². The quantitative estimate of drug-likeness (QED) is 0.709. The van der Waals surface area contributed by atoms with Gasteiger partial charge in [0, 0.05) is 30.6 Å². The fourth-order valence-electron chi connectivity index (χ4n) is 2.71. The molecule has 1 saturated heterocycles. The van der Waals surface area contributed by atoms with Crippen LogP contribution in [0.5, 0.6) is 0 Å². The smallest absolute Gasteiger partial charge is 0.222 e. The average molecular weight is 406 g/mol. The van der Waals surface area contributed by atoms with Gasteiger partial charge in [-0.25, -0.2) is 0 Å².